The number of hydrogen-bond donors (Lipinski definition) is 1. The van der Waals surface area contributed by atoms with Gasteiger partial charge in [-0.05, 0) is 31.5 Å². The van der Waals surface area contributed by atoms with Gasteiger partial charge < -0.3 is 19.9 Å². The molecule has 1 aromatic rings. The molecule has 0 bridgehead atoms. The predicted octanol–water partition coefficient (Wildman–Crippen LogP) is 1.46. The van der Waals surface area contributed by atoms with Crippen molar-refractivity contribution in [2.45, 2.75) is 24.8 Å². The highest BCUT2D eigenvalue weighted by Crippen LogP contribution is 2.43. The van der Waals surface area contributed by atoms with Gasteiger partial charge >= 0.3 is 0 Å². The number of rotatable bonds is 2. The van der Waals surface area contributed by atoms with E-state index in [1.807, 2.05) is 26.0 Å². The third-order valence-electron chi connectivity index (χ3n) is 4.03. The summed E-state index contributed by atoms with van der Waals surface area (Å²) in [6.07, 6.45) is 0. The molecule has 98 valence electrons. The van der Waals surface area contributed by atoms with Crippen molar-refractivity contribution >= 4 is 0 Å². The Hall–Kier alpha value is -1.26. The summed E-state index contributed by atoms with van der Waals surface area (Å²) in [5.41, 5.74) is 7.06. The third kappa shape index (κ3) is 1.60. The van der Waals surface area contributed by atoms with Crippen LogP contribution >= 0.6 is 0 Å². The van der Waals surface area contributed by atoms with Gasteiger partial charge in [0.2, 0.25) is 0 Å². The lowest BCUT2D eigenvalue weighted by molar-refractivity contribution is -0.0920. The minimum absolute atomic E-state index is 0.122. The normalized spacial score (nSPS) is 21.3. The molecule has 0 aliphatic carbocycles. The van der Waals surface area contributed by atoms with Crippen LogP contribution in [0.5, 0.6) is 11.5 Å². The molecule has 2 N–H and O–H groups in total. The van der Waals surface area contributed by atoms with E-state index in [-0.39, 0.29) is 11.0 Å². The van der Waals surface area contributed by atoms with Crippen molar-refractivity contribution in [3.05, 3.63) is 23.8 Å². The second-order valence-corrected chi connectivity index (χ2v) is 5.66. The van der Waals surface area contributed by atoms with Crippen LogP contribution in [0.25, 0.3) is 0 Å². The molecule has 0 aromatic heterocycles. The smallest absolute Gasteiger partial charge is 0.161 e. The first kappa shape index (κ1) is 11.8. The summed E-state index contributed by atoms with van der Waals surface area (Å²) in [5, 5.41) is 0. The third-order valence-corrected chi connectivity index (χ3v) is 4.03. The molecule has 4 heteroatoms. The average molecular weight is 249 g/mol. The number of benzene rings is 1. The maximum atomic E-state index is 6.33. The summed E-state index contributed by atoms with van der Waals surface area (Å²) in [6, 6.07) is 6.09. The topological polar surface area (TPSA) is 53.7 Å². The molecule has 1 fully saturated rings. The van der Waals surface area contributed by atoms with Crippen molar-refractivity contribution in [3.8, 4) is 11.5 Å². The van der Waals surface area contributed by atoms with Crippen LogP contribution < -0.4 is 15.2 Å². The van der Waals surface area contributed by atoms with Crippen molar-refractivity contribution in [2.24, 2.45) is 5.73 Å². The van der Waals surface area contributed by atoms with Crippen molar-refractivity contribution in [1.29, 1.82) is 0 Å². The van der Waals surface area contributed by atoms with Crippen LogP contribution in [-0.2, 0) is 10.2 Å². The molecule has 1 aromatic carbocycles. The molecular formula is C14H19NO3. The van der Waals surface area contributed by atoms with Crippen LogP contribution in [0.2, 0.25) is 0 Å². The maximum absolute atomic E-state index is 6.33. The fourth-order valence-corrected chi connectivity index (χ4v) is 2.56. The molecule has 0 saturated carbocycles. The first-order valence-electron chi connectivity index (χ1n) is 6.30. The van der Waals surface area contributed by atoms with E-state index in [0.29, 0.717) is 26.4 Å². The standard InChI is InChI=1S/C14H19NO3/c1-13(2,15)14(8-16-9-14)10-3-4-11-12(7-10)18-6-5-17-11/h3-4,7H,5-6,8-9,15H2,1-2H3. The number of ether oxygens (including phenoxy) is 3. The van der Waals surface area contributed by atoms with Crippen LogP contribution in [0.4, 0.5) is 0 Å². The molecule has 0 unspecified atom stereocenters. The second kappa shape index (κ2) is 3.87. The molecule has 4 nitrogen and oxygen atoms in total. The van der Waals surface area contributed by atoms with Gasteiger partial charge in [0.25, 0.3) is 0 Å². The van der Waals surface area contributed by atoms with Crippen LogP contribution in [0.3, 0.4) is 0 Å². The largest absolute Gasteiger partial charge is 0.486 e. The molecule has 2 heterocycles. The Balaban J connectivity index is 2.01. The van der Waals surface area contributed by atoms with Gasteiger partial charge in [0, 0.05) is 5.54 Å². The second-order valence-electron chi connectivity index (χ2n) is 5.66. The Kier molecular flexibility index (Phi) is 2.54. The lowest BCUT2D eigenvalue weighted by Gasteiger charge is -2.51. The summed E-state index contributed by atoms with van der Waals surface area (Å²) < 4.78 is 16.6. The number of fused-ring (bicyclic) bond motifs is 1. The zero-order chi connectivity index (χ0) is 12.8. The first-order chi connectivity index (χ1) is 8.53. The predicted molar refractivity (Wildman–Crippen MR) is 68.2 cm³/mol. The Morgan fingerprint density at radius 3 is 2.33 bits per heavy atom. The van der Waals surface area contributed by atoms with Gasteiger partial charge in [-0.15, -0.1) is 0 Å². The van der Waals surface area contributed by atoms with Crippen molar-refractivity contribution in [3.63, 3.8) is 0 Å². The summed E-state index contributed by atoms with van der Waals surface area (Å²) in [6.45, 7) is 6.64. The number of nitrogens with two attached hydrogens (primary N) is 1. The van der Waals surface area contributed by atoms with Gasteiger partial charge in [0.15, 0.2) is 11.5 Å². The van der Waals surface area contributed by atoms with Crippen LogP contribution in [0.15, 0.2) is 18.2 Å². The minimum atomic E-state index is -0.324. The van der Waals surface area contributed by atoms with Gasteiger partial charge in [0.1, 0.15) is 13.2 Å². The first-order valence-corrected chi connectivity index (χ1v) is 6.30. The molecule has 0 spiro atoms. The SMILES string of the molecule is CC(C)(N)C1(c2ccc3c(c2)OCCO3)COC1. The molecule has 2 aliphatic rings. The molecule has 18 heavy (non-hydrogen) atoms. The Bertz CT molecular complexity index is 461. The average Bonchev–Trinajstić information content (AvgIpc) is 2.25. The highest BCUT2D eigenvalue weighted by atomic mass is 16.6. The Morgan fingerprint density at radius 2 is 1.78 bits per heavy atom. The molecule has 1 saturated heterocycles. The Morgan fingerprint density at radius 1 is 1.11 bits per heavy atom. The molecule has 2 aliphatic heterocycles. The fourth-order valence-electron chi connectivity index (χ4n) is 2.56. The summed E-state index contributed by atoms with van der Waals surface area (Å²) in [7, 11) is 0. The molecular weight excluding hydrogens is 230 g/mol. The van der Waals surface area contributed by atoms with E-state index < -0.39 is 0 Å². The minimum Gasteiger partial charge on any atom is -0.486 e. The van der Waals surface area contributed by atoms with E-state index in [9.17, 15) is 0 Å². The highest BCUT2D eigenvalue weighted by molar-refractivity contribution is 5.47. The van der Waals surface area contributed by atoms with Crippen LogP contribution in [-0.4, -0.2) is 32.0 Å². The molecule has 0 amide bonds. The summed E-state index contributed by atoms with van der Waals surface area (Å²) >= 11 is 0. The zero-order valence-corrected chi connectivity index (χ0v) is 10.9. The maximum Gasteiger partial charge on any atom is 0.161 e. The summed E-state index contributed by atoms with van der Waals surface area (Å²) in [4.78, 5) is 0. The van der Waals surface area contributed by atoms with E-state index in [4.69, 9.17) is 19.9 Å². The highest BCUT2D eigenvalue weighted by Gasteiger charge is 2.50. The molecule has 0 radical (unpaired) electrons. The van der Waals surface area contributed by atoms with E-state index in [1.54, 1.807) is 0 Å². The van der Waals surface area contributed by atoms with E-state index in [0.717, 1.165) is 11.5 Å². The summed E-state index contributed by atoms with van der Waals surface area (Å²) in [5.74, 6) is 1.63. The van der Waals surface area contributed by atoms with Crippen LogP contribution in [0, 0.1) is 0 Å². The number of hydrogen-bond acceptors (Lipinski definition) is 4. The van der Waals surface area contributed by atoms with Crippen LogP contribution in [0.1, 0.15) is 19.4 Å². The van der Waals surface area contributed by atoms with Crippen molar-refractivity contribution in [2.75, 3.05) is 26.4 Å². The Labute approximate surface area is 107 Å². The monoisotopic (exact) mass is 249 g/mol. The van der Waals surface area contributed by atoms with E-state index in [2.05, 4.69) is 6.07 Å². The lowest BCUT2D eigenvalue weighted by Crippen LogP contribution is -2.64. The van der Waals surface area contributed by atoms with Gasteiger partial charge in [-0.1, -0.05) is 6.07 Å². The van der Waals surface area contributed by atoms with Gasteiger partial charge in [-0.25, -0.2) is 0 Å². The van der Waals surface area contributed by atoms with Gasteiger partial charge in [-0.3, -0.25) is 0 Å². The zero-order valence-electron chi connectivity index (χ0n) is 10.9. The lowest BCUT2D eigenvalue weighted by atomic mass is 9.65. The van der Waals surface area contributed by atoms with Gasteiger partial charge in [-0.2, -0.15) is 0 Å². The van der Waals surface area contributed by atoms with Gasteiger partial charge in [0.05, 0.1) is 18.6 Å². The van der Waals surface area contributed by atoms with E-state index in [1.165, 1.54) is 5.56 Å². The van der Waals surface area contributed by atoms with Crippen molar-refractivity contribution in [1.82, 2.24) is 0 Å². The van der Waals surface area contributed by atoms with E-state index >= 15 is 0 Å². The fraction of sp³-hybridized carbons (Fsp3) is 0.571. The molecule has 3 rings (SSSR count). The van der Waals surface area contributed by atoms with Crippen molar-refractivity contribution < 1.29 is 14.2 Å². The quantitative estimate of drug-likeness (QED) is 0.862. The molecule has 0 atom stereocenters.